The van der Waals surface area contributed by atoms with Crippen LogP contribution in [-0.4, -0.2) is 75.8 Å². The summed E-state index contributed by atoms with van der Waals surface area (Å²) in [7, 11) is 0. The lowest BCUT2D eigenvalue weighted by Gasteiger charge is -2.29. The normalized spacial score (nSPS) is 23.3. The Kier molecular flexibility index (Phi) is 7.25. The van der Waals surface area contributed by atoms with E-state index in [1.807, 2.05) is 23.0 Å². The Hall–Kier alpha value is -4.02. The third-order valence-corrected chi connectivity index (χ3v) is 8.90. The molecular formula is C32H35N5O5. The van der Waals surface area contributed by atoms with Crippen LogP contribution in [0.25, 0.3) is 5.69 Å². The molecule has 3 fully saturated rings. The molecule has 218 valence electrons. The number of amides is 3. The van der Waals surface area contributed by atoms with E-state index in [4.69, 9.17) is 9.47 Å². The third kappa shape index (κ3) is 5.44. The minimum Gasteiger partial charge on any atom is -0.489 e. The van der Waals surface area contributed by atoms with Crippen LogP contribution >= 0.6 is 0 Å². The minimum atomic E-state index is -0.615. The van der Waals surface area contributed by atoms with Gasteiger partial charge in [-0.25, -0.2) is 4.68 Å². The van der Waals surface area contributed by atoms with Crippen molar-refractivity contribution in [3.05, 3.63) is 77.1 Å². The number of aromatic nitrogens is 2. The number of likely N-dealkylation sites (tertiary alicyclic amines) is 1. The second-order valence-corrected chi connectivity index (χ2v) is 11.8. The second-order valence-electron chi connectivity index (χ2n) is 11.8. The smallest absolute Gasteiger partial charge is 0.255 e. The number of hydrogen-bond acceptors (Lipinski definition) is 7. The van der Waals surface area contributed by atoms with Gasteiger partial charge in [-0.2, -0.15) is 5.10 Å². The first-order valence-corrected chi connectivity index (χ1v) is 14.9. The van der Waals surface area contributed by atoms with Crippen LogP contribution in [0.2, 0.25) is 0 Å². The predicted octanol–water partition coefficient (Wildman–Crippen LogP) is 3.18. The van der Waals surface area contributed by atoms with E-state index in [0.29, 0.717) is 24.4 Å². The van der Waals surface area contributed by atoms with Gasteiger partial charge in [-0.05, 0) is 73.1 Å². The fourth-order valence-corrected chi connectivity index (χ4v) is 6.65. The van der Waals surface area contributed by atoms with E-state index in [-0.39, 0.29) is 24.3 Å². The van der Waals surface area contributed by atoms with Gasteiger partial charge in [0.05, 0.1) is 11.9 Å². The van der Waals surface area contributed by atoms with Crippen molar-refractivity contribution in [3.63, 3.8) is 0 Å². The van der Waals surface area contributed by atoms with E-state index in [1.165, 1.54) is 5.56 Å². The van der Waals surface area contributed by atoms with E-state index in [2.05, 4.69) is 45.8 Å². The molecule has 42 heavy (non-hydrogen) atoms. The van der Waals surface area contributed by atoms with Crippen molar-refractivity contribution < 1.29 is 23.9 Å². The van der Waals surface area contributed by atoms with Crippen LogP contribution in [0, 0.1) is 0 Å². The monoisotopic (exact) mass is 569 g/mol. The maximum Gasteiger partial charge on any atom is 0.255 e. The molecule has 10 nitrogen and oxygen atoms in total. The Morgan fingerprint density at radius 2 is 1.90 bits per heavy atom. The fraction of sp³-hybridized carbons (Fsp3) is 0.438. The van der Waals surface area contributed by atoms with E-state index in [9.17, 15) is 14.4 Å². The van der Waals surface area contributed by atoms with Crippen molar-refractivity contribution in [1.82, 2.24) is 24.9 Å². The molecule has 0 radical (unpaired) electrons. The van der Waals surface area contributed by atoms with E-state index >= 15 is 0 Å². The topological polar surface area (TPSA) is 106 Å². The molecule has 0 aliphatic carbocycles. The van der Waals surface area contributed by atoms with E-state index < -0.39 is 11.9 Å². The Balaban J connectivity index is 0.946. The van der Waals surface area contributed by atoms with Gasteiger partial charge in [-0.3, -0.25) is 24.6 Å². The maximum absolute atomic E-state index is 13.0. The number of fused-ring (bicyclic) bond motifs is 1. The highest BCUT2D eigenvalue weighted by Gasteiger charge is 2.39. The highest BCUT2D eigenvalue weighted by atomic mass is 16.5. The SMILES string of the molecule is O=C1CCC(N2Cc3cc(OC4CCN(Cc5cnn(-c6cccc(C7CCOCC7)c6)c5)C4)ccc3C2=O)C(=O)N1. The molecule has 0 bridgehead atoms. The standard InChI is InChI=1S/C32H35N5O5/c38-30-7-6-29(31(39)34-30)36-19-24-15-26(4-5-28(24)32(36)40)42-27-8-11-35(20-27)17-21-16-33-37(18-21)25-3-1-2-23(14-25)22-9-12-41-13-10-22/h1-5,14-16,18,22,27,29H,6-13,17,19-20H2,(H,34,38,39). The van der Waals surface area contributed by atoms with Gasteiger partial charge >= 0.3 is 0 Å². The van der Waals surface area contributed by atoms with Gasteiger partial charge in [-0.1, -0.05) is 12.1 Å². The van der Waals surface area contributed by atoms with Gasteiger partial charge in [0.25, 0.3) is 5.91 Å². The number of carbonyl (C=O) groups is 3. The molecule has 10 heteroatoms. The number of rotatable bonds is 7. The maximum atomic E-state index is 13.0. The third-order valence-electron chi connectivity index (χ3n) is 8.90. The molecule has 1 N–H and O–H groups in total. The predicted molar refractivity (Wildman–Crippen MR) is 153 cm³/mol. The number of piperidine rings is 1. The molecule has 3 aromatic rings. The first-order chi connectivity index (χ1) is 20.5. The van der Waals surface area contributed by atoms with Gasteiger partial charge in [-0.15, -0.1) is 0 Å². The number of hydrogen-bond donors (Lipinski definition) is 1. The molecule has 3 saturated heterocycles. The van der Waals surface area contributed by atoms with Gasteiger partial charge in [0.15, 0.2) is 0 Å². The molecule has 2 unspecified atom stereocenters. The van der Waals surface area contributed by atoms with Crippen molar-refractivity contribution in [3.8, 4) is 11.4 Å². The minimum absolute atomic E-state index is 0.0533. The molecule has 4 aliphatic heterocycles. The zero-order valence-corrected chi connectivity index (χ0v) is 23.5. The average Bonchev–Trinajstić information content (AvgIpc) is 3.73. The lowest BCUT2D eigenvalue weighted by Crippen LogP contribution is -2.52. The summed E-state index contributed by atoms with van der Waals surface area (Å²) < 4.78 is 13.8. The summed E-state index contributed by atoms with van der Waals surface area (Å²) in [5.41, 5.74) is 5.04. The van der Waals surface area contributed by atoms with Crippen LogP contribution in [0.1, 0.15) is 65.1 Å². The molecule has 1 aromatic heterocycles. The van der Waals surface area contributed by atoms with Crippen molar-refractivity contribution in [2.45, 2.75) is 63.3 Å². The summed E-state index contributed by atoms with van der Waals surface area (Å²) in [5, 5.41) is 7.00. The van der Waals surface area contributed by atoms with Crippen LogP contribution in [0.15, 0.2) is 54.9 Å². The van der Waals surface area contributed by atoms with E-state index in [1.54, 1.807) is 11.0 Å². The molecule has 4 aliphatic rings. The molecule has 2 atom stereocenters. The fourth-order valence-electron chi connectivity index (χ4n) is 6.65. The number of ether oxygens (including phenoxy) is 2. The summed E-state index contributed by atoms with van der Waals surface area (Å²) in [5.74, 6) is 0.422. The van der Waals surface area contributed by atoms with Crippen molar-refractivity contribution in [1.29, 1.82) is 0 Å². The zero-order valence-electron chi connectivity index (χ0n) is 23.5. The van der Waals surface area contributed by atoms with Gasteiger partial charge in [0.1, 0.15) is 17.9 Å². The first kappa shape index (κ1) is 26.9. The number of imide groups is 1. The molecule has 0 saturated carbocycles. The summed E-state index contributed by atoms with van der Waals surface area (Å²) >= 11 is 0. The quantitative estimate of drug-likeness (QED) is 0.436. The molecule has 3 amide bonds. The molecule has 0 spiro atoms. The summed E-state index contributed by atoms with van der Waals surface area (Å²) in [6.45, 7) is 4.55. The summed E-state index contributed by atoms with van der Waals surface area (Å²) in [6.07, 6.45) is 7.76. The number of nitrogens with one attached hydrogen (secondary N) is 1. The summed E-state index contributed by atoms with van der Waals surface area (Å²) in [4.78, 5) is 40.8. The second kappa shape index (κ2) is 11.3. The first-order valence-electron chi connectivity index (χ1n) is 14.9. The number of carbonyl (C=O) groups excluding carboxylic acids is 3. The van der Waals surface area contributed by atoms with Gasteiger partial charge in [0.2, 0.25) is 11.8 Å². The van der Waals surface area contributed by atoms with Crippen LogP contribution < -0.4 is 10.1 Å². The van der Waals surface area contributed by atoms with Crippen molar-refractivity contribution in [2.75, 3.05) is 26.3 Å². The number of nitrogens with zero attached hydrogens (tertiary/aromatic N) is 4. The number of benzene rings is 2. The van der Waals surface area contributed by atoms with Crippen LogP contribution in [0.3, 0.4) is 0 Å². The zero-order chi connectivity index (χ0) is 28.6. The lowest BCUT2D eigenvalue weighted by atomic mass is 9.91. The van der Waals surface area contributed by atoms with Gasteiger partial charge in [0, 0.05) is 63.1 Å². The van der Waals surface area contributed by atoms with Crippen LogP contribution in [0.5, 0.6) is 5.75 Å². The highest BCUT2D eigenvalue weighted by molar-refractivity contribution is 6.05. The Morgan fingerprint density at radius 1 is 1.02 bits per heavy atom. The summed E-state index contributed by atoms with van der Waals surface area (Å²) in [6, 6.07) is 13.6. The Bertz CT molecular complexity index is 1510. The van der Waals surface area contributed by atoms with Crippen LogP contribution in [-0.2, 0) is 27.4 Å². The Morgan fingerprint density at radius 3 is 2.76 bits per heavy atom. The average molecular weight is 570 g/mol. The molecular weight excluding hydrogens is 534 g/mol. The van der Waals surface area contributed by atoms with Crippen LogP contribution in [0.4, 0.5) is 0 Å². The van der Waals surface area contributed by atoms with E-state index in [0.717, 1.165) is 74.7 Å². The largest absolute Gasteiger partial charge is 0.489 e. The molecule has 5 heterocycles. The molecule has 2 aromatic carbocycles. The lowest BCUT2D eigenvalue weighted by molar-refractivity contribution is -0.136. The molecule has 7 rings (SSSR count). The van der Waals surface area contributed by atoms with Crippen molar-refractivity contribution in [2.24, 2.45) is 0 Å². The van der Waals surface area contributed by atoms with Crippen molar-refractivity contribution >= 4 is 17.7 Å². The Labute approximate surface area is 244 Å². The van der Waals surface area contributed by atoms with Gasteiger partial charge < -0.3 is 14.4 Å². The highest BCUT2D eigenvalue weighted by Crippen LogP contribution is 2.32.